The minimum Gasteiger partial charge on any atom is -0.496 e. The zero-order valence-electron chi connectivity index (χ0n) is 11.4. The van der Waals surface area contributed by atoms with E-state index in [-0.39, 0.29) is 13.0 Å². The van der Waals surface area contributed by atoms with Gasteiger partial charge in [-0.2, -0.15) is 0 Å². The second kappa shape index (κ2) is 8.43. The number of carbonyl (C=O) groups is 2. The number of halogens is 1. The summed E-state index contributed by atoms with van der Waals surface area (Å²) in [6.45, 7) is -0.319. The Morgan fingerprint density at radius 1 is 1.48 bits per heavy atom. The quantitative estimate of drug-likeness (QED) is 0.641. The molecule has 0 heterocycles. The number of amides is 1. The summed E-state index contributed by atoms with van der Waals surface area (Å²) >= 11 is 3.32. The van der Waals surface area contributed by atoms with E-state index in [1.807, 2.05) is 0 Å². The number of carbonyl (C=O) groups excluding carboxylic acids is 1. The SMILES string of the molecule is COc1ccc(Br)cc1/C=C/C(=O)NC(CCO)C(=O)O. The number of aliphatic carboxylic acids is 1. The summed E-state index contributed by atoms with van der Waals surface area (Å²) in [6, 6.07) is 4.20. The van der Waals surface area contributed by atoms with Crippen molar-refractivity contribution in [1.82, 2.24) is 5.32 Å². The Bertz CT molecular complexity index is 544. The van der Waals surface area contributed by atoms with E-state index in [0.717, 1.165) is 4.47 Å². The van der Waals surface area contributed by atoms with Crippen molar-refractivity contribution in [2.45, 2.75) is 12.5 Å². The number of nitrogens with one attached hydrogen (secondary N) is 1. The Morgan fingerprint density at radius 3 is 2.76 bits per heavy atom. The highest BCUT2D eigenvalue weighted by molar-refractivity contribution is 9.10. The Kier molecular flexibility index (Phi) is 6.90. The molecule has 0 aromatic heterocycles. The number of benzene rings is 1. The molecular formula is C14H16BrNO5. The van der Waals surface area contributed by atoms with E-state index in [9.17, 15) is 9.59 Å². The largest absolute Gasteiger partial charge is 0.496 e. The van der Waals surface area contributed by atoms with Gasteiger partial charge in [0.25, 0.3) is 0 Å². The molecule has 114 valence electrons. The molecule has 3 N–H and O–H groups in total. The van der Waals surface area contributed by atoms with E-state index in [1.165, 1.54) is 19.3 Å². The minimum absolute atomic E-state index is 0.0465. The average molecular weight is 358 g/mol. The van der Waals surface area contributed by atoms with Crippen molar-refractivity contribution in [3.8, 4) is 5.75 Å². The van der Waals surface area contributed by atoms with Gasteiger partial charge in [-0.05, 0) is 24.3 Å². The van der Waals surface area contributed by atoms with Crippen molar-refractivity contribution in [2.75, 3.05) is 13.7 Å². The first-order chi connectivity index (χ1) is 9.97. The molecule has 0 aliphatic rings. The Balaban J connectivity index is 2.78. The highest BCUT2D eigenvalue weighted by atomic mass is 79.9. The van der Waals surface area contributed by atoms with Gasteiger partial charge in [-0.1, -0.05) is 15.9 Å². The van der Waals surface area contributed by atoms with E-state index in [0.29, 0.717) is 11.3 Å². The van der Waals surface area contributed by atoms with Crippen LogP contribution in [0.1, 0.15) is 12.0 Å². The Hall–Kier alpha value is -1.86. The standard InChI is InChI=1S/C14H16BrNO5/c1-21-12-4-3-10(15)8-9(12)2-5-13(18)16-11(6-7-17)14(19)20/h2-5,8,11,17H,6-7H2,1H3,(H,16,18)(H,19,20)/b5-2+. The summed E-state index contributed by atoms with van der Waals surface area (Å²) in [5, 5.41) is 19.9. The number of aliphatic hydroxyl groups excluding tert-OH is 1. The number of hydrogen-bond acceptors (Lipinski definition) is 4. The van der Waals surface area contributed by atoms with Crippen LogP contribution in [0, 0.1) is 0 Å². The van der Waals surface area contributed by atoms with Gasteiger partial charge in [0.15, 0.2) is 0 Å². The van der Waals surface area contributed by atoms with Crippen molar-refractivity contribution < 1.29 is 24.5 Å². The smallest absolute Gasteiger partial charge is 0.326 e. The minimum atomic E-state index is -1.19. The lowest BCUT2D eigenvalue weighted by molar-refractivity contribution is -0.141. The second-order valence-corrected chi connectivity index (χ2v) is 5.05. The van der Waals surface area contributed by atoms with Crippen molar-refractivity contribution in [3.05, 3.63) is 34.3 Å². The highest BCUT2D eigenvalue weighted by Gasteiger charge is 2.17. The molecule has 0 radical (unpaired) electrons. The molecule has 0 aliphatic carbocycles. The molecule has 1 rings (SSSR count). The van der Waals surface area contributed by atoms with Gasteiger partial charge in [-0.3, -0.25) is 4.79 Å². The van der Waals surface area contributed by atoms with Gasteiger partial charge in [-0.25, -0.2) is 4.79 Å². The predicted molar refractivity (Wildman–Crippen MR) is 81.0 cm³/mol. The molecule has 0 spiro atoms. The van der Waals surface area contributed by atoms with E-state index in [4.69, 9.17) is 14.9 Å². The monoisotopic (exact) mass is 357 g/mol. The van der Waals surface area contributed by atoms with Crippen LogP contribution in [0.5, 0.6) is 5.75 Å². The van der Waals surface area contributed by atoms with E-state index >= 15 is 0 Å². The van der Waals surface area contributed by atoms with E-state index in [2.05, 4.69) is 21.2 Å². The van der Waals surface area contributed by atoms with Gasteiger partial charge in [-0.15, -0.1) is 0 Å². The third-order valence-corrected chi connectivity index (χ3v) is 3.13. The highest BCUT2D eigenvalue weighted by Crippen LogP contribution is 2.23. The zero-order chi connectivity index (χ0) is 15.8. The molecule has 0 saturated carbocycles. The van der Waals surface area contributed by atoms with Crippen LogP contribution in [-0.2, 0) is 9.59 Å². The summed E-state index contributed by atoms with van der Waals surface area (Å²) in [5.74, 6) is -1.16. The van der Waals surface area contributed by atoms with Crippen LogP contribution in [0.15, 0.2) is 28.7 Å². The van der Waals surface area contributed by atoms with Crippen molar-refractivity contribution >= 4 is 33.9 Å². The zero-order valence-corrected chi connectivity index (χ0v) is 13.0. The van der Waals surface area contributed by atoms with Crippen LogP contribution < -0.4 is 10.1 Å². The van der Waals surface area contributed by atoms with Crippen LogP contribution in [0.4, 0.5) is 0 Å². The van der Waals surface area contributed by atoms with Crippen LogP contribution in [0.25, 0.3) is 6.08 Å². The van der Waals surface area contributed by atoms with Crippen LogP contribution >= 0.6 is 15.9 Å². The molecule has 1 unspecified atom stereocenters. The number of hydrogen-bond donors (Lipinski definition) is 3. The summed E-state index contributed by atoms with van der Waals surface area (Å²) in [4.78, 5) is 22.6. The fourth-order valence-corrected chi connectivity index (χ4v) is 1.99. The number of rotatable bonds is 7. The first-order valence-corrected chi connectivity index (χ1v) is 6.93. The predicted octanol–water partition coefficient (Wildman–Crippen LogP) is 1.42. The summed E-state index contributed by atoms with van der Waals surface area (Å²) in [7, 11) is 1.52. The molecule has 0 bridgehead atoms. The lowest BCUT2D eigenvalue weighted by Gasteiger charge is -2.11. The van der Waals surface area contributed by atoms with E-state index < -0.39 is 17.9 Å². The molecule has 6 nitrogen and oxygen atoms in total. The Labute approximate surface area is 130 Å². The summed E-state index contributed by atoms with van der Waals surface area (Å²) in [6.07, 6.45) is 2.70. The normalized spacial score (nSPS) is 12.1. The maximum atomic E-state index is 11.7. The molecular weight excluding hydrogens is 342 g/mol. The molecule has 1 atom stereocenters. The Morgan fingerprint density at radius 2 is 2.19 bits per heavy atom. The summed E-state index contributed by atoms with van der Waals surface area (Å²) in [5.41, 5.74) is 0.677. The van der Waals surface area contributed by atoms with Crippen LogP contribution in [-0.4, -0.2) is 41.8 Å². The molecule has 0 fully saturated rings. The number of aliphatic hydroxyl groups is 1. The van der Waals surface area contributed by atoms with Gasteiger partial charge in [0, 0.05) is 29.1 Å². The topological polar surface area (TPSA) is 95.9 Å². The summed E-state index contributed by atoms with van der Waals surface area (Å²) < 4.78 is 5.99. The van der Waals surface area contributed by atoms with Gasteiger partial charge in [0.2, 0.25) is 5.91 Å². The van der Waals surface area contributed by atoms with Crippen LogP contribution in [0.2, 0.25) is 0 Å². The lowest BCUT2D eigenvalue weighted by Crippen LogP contribution is -2.40. The van der Waals surface area contributed by atoms with Crippen molar-refractivity contribution in [2.24, 2.45) is 0 Å². The van der Waals surface area contributed by atoms with Crippen LogP contribution in [0.3, 0.4) is 0 Å². The third kappa shape index (κ3) is 5.57. The van der Waals surface area contributed by atoms with Gasteiger partial charge >= 0.3 is 5.97 Å². The number of carboxylic acids is 1. The fraction of sp³-hybridized carbons (Fsp3) is 0.286. The number of carboxylic acid groups (broad SMARTS) is 1. The first kappa shape index (κ1) is 17.2. The second-order valence-electron chi connectivity index (χ2n) is 4.13. The molecule has 1 aromatic rings. The van der Waals surface area contributed by atoms with Crippen molar-refractivity contribution in [3.63, 3.8) is 0 Å². The van der Waals surface area contributed by atoms with Gasteiger partial charge in [0.1, 0.15) is 11.8 Å². The molecule has 7 heteroatoms. The maximum absolute atomic E-state index is 11.7. The third-order valence-electron chi connectivity index (χ3n) is 2.64. The number of methoxy groups -OCH3 is 1. The van der Waals surface area contributed by atoms with E-state index in [1.54, 1.807) is 18.2 Å². The fourth-order valence-electron chi connectivity index (χ4n) is 1.61. The van der Waals surface area contributed by atoms with Crippen molar-refractivity contribution in [1.29, 1.82) is 0 Å². The molecule has 1 amide bonds. The molecule has 21 heavy (non-hydrogen) atoms. The maximum Gasteiger partial charge on any atom is 0.326 e. The van der Waals surface area contributed by atoms with Gasteiger partial charge < -0.3 is 20.3 Å². The first-order valence-electron chi connectivity index (χ1n) is 6.13. The number of ether oxygens (including phenoxy) is 1. The van der Waals surface area contributed by atoms with Gasteiger partial charge in [0.05, 0.1) is 7.11 Å². The average Bonchev–Trinajstić information content (AvgIpc) is 2.44. The lowest BCUT2D eigenvalue weighted by atomic mass is 10.1. The molecule has 0 saturated heterocycles. The molecule has 0 aliphatic heterocycles. The molecule has 1 aromatic carbocycles.